The van der Waals surface area contributed by atoms with Crippen LogP contribution in [0, 0.1) is 11.6 Å². The van der Waals surface area contributed by atoms with Crippen LogP contribution < -0.4 is 11.1 Å². The molecule has 4 aromatic rings. The van der Waals surface area contributed by atoms with Gasteiger partial charge in [-0.1, -0.05) is 40.2 Å². The highest BCUT2D eigenvalue weighted by molar-refractivity contribution is 9.10. The Kier molecular flexibility index (Phi) is 11.8. The van der Waals surface area contributed by atoms with Crippen molar-refractivity contribution in [2.75, 3.05) is 0 Å². The molecule has 1 N–H and O–H groups in total. The molecule has 4 nitrogen and oxygen atoms in total. The molecular weight excluding hydrogens is 650 g/mol. The van der Waals surface area contributed by atoms with Crippen LogP contribution in [0.5, 0.6) is 0 Å². The van der Waals surface area contributed by atoms with Crippen molar-refractivity contribution in [2.45, 2.75) is 24.7 Å². The van der Waals surface area contributed by atoms with Gasteiger partial charge in [-0.2, -0.15) is 0 Å². The number of hydrogen-bond acceptors (Lipinski definition) is 2. The summed E-state index contributed by atoms with van der Waals surface area (Å²) in [6, 6.07) is 18.9. The first-order valence-corrected chi connectivity index (χ1v) is 12.9. The fraction of sp³-hybridized carbons (Fsp3) is 0.154. The molecule has 0 aliphatic heterocycles. The molecule has 0 fully saturated rings. The molecule has 0 spiro atoms. The van der Waals surface area contributed by atoms with E-state index < -0.39 is 0 Å². The van der Waals surface area contributed by atoms with Gasteiger partial charge in [0.15, 0.2) is 0 Å². The summed E-state index contributed by atoms with van der Waals surface area (Å²) in [4.78, 5) is 24.9. The fourth-order valence-electron chi connectivity index (χ4n) is 2.80. The van der Waals surface area contributed by atoms with E-state index in [4.69, 9.17) is 0 Å². The van der Waals surface area contributed by atoms with Crippen molar-refractivity contribution in [1.29, 1.82) is 0 Å². The maximum Gasteiger partial charge on any atom is 0.251 e. The summed E-state index contributed by atoms with van der Waals surface area (Å²) in [6.45, 7) is 3.91. The number of H-pyrrole nitrogens is 1. The molecule has 2 heterocycles. The monoisotopic (exact) mass is 670 g/mol. The first kappa shape index (κ1) is 28.9. The molecule has 9 heteroatoms. The molecule has 184 valence electrons. The third-order valence-electron chi connectivity index (χ3n) is 4.75. The average Bonchev–Trinajstić information content (AvgIpc) is 2.84. The van der Waals surface area contributed by atoms with Gasteiger partial charge >= 0.3 is 0 Å². The van der Waals surface area contributed by atoms with Gasteiger partial charge in [-0.25, -0.2) is 8.78 Å². The molecule has 0 aliphatic rings. The maximum atomic E-state index is 12.8. The Morgan fingerprint density at radius 3 is 1.71 bits per heavy atom. The molecule has 35 heavy (non-hydrogen) atoms. The summed E-state index contributed by atoms with van der Waals surface area (Å²) in [5.41, 5.74) is 1.84. The third-order valence-corrected chi connectivity index (χ3v) is 6.24. The van der Waals surface area contributed by atoms with Crippen molar-refractivity contribution in [3.05, 3.63) is 138 Å². The van der Waals surface area contributed by atoms with Gasteiger partial charge < -0.3 is 9.55 Å². The first-order valence-electron chi connectivity index (χ1n) is 10.4. The molecule has 2 aromatic heterocycles. The van der Waals surface area contributed by atoms with E-state index in [-0.39, 0.29) is 28.8 Å². The van der Waals surface area contributed by atoms with E-state index in [1.54, 1.807) is 53.4 Å². The molecule has 2 aromatic carbocycles. The van der Waals surface area contributed by atoms with Gasteiger partial charge in [-0.15, -0.1) is 0 Å². The van der Waals surface area contributed by atoms with Crippen LogP contribution in [0.25, 0.3) is 0 Å². The van der Waals surface area contributed by atoms with Crippen LogP contribution in [0.15, 0.2) is 104 Å². The lowest BCUT2D eigenvalue weighted by Crippen LogP contribution is -2.22. The number of aromatic nitrogens is 2. The van der Waals surface area contributed by atoms with Crippen LogP contribution in [0.2, 0.25) is 0 Å². The van der Waals surface area contributed by atoms with Crippen molar-refractivity contribution in [2.24, 2.45) is 0 Å². The largest absolute Gasteiger partial charge is 0.328 e. The molecule has 2 unspecified atom stereocenters. The number of rotatable bonds is 3. The SMILES string of the molecule is CC(Br)c1ccc(F)cc1.CC(c1ccc(F)cc1)n1cc(Br)ccc1=O.O=c1ccc(Br)c[nH]1. The van der Waals surface area contributed by atoms with Crippen molar-refractivity contribution in [1.82, 2.24) is 9.55 Å². The maximum absolute atomic E-state index is 12.8. The van der Waals surface area contributed by atoms with Crippen LogP contribution in [-0.4, -0.2) is 9.55 Å². The lowest BCUT2D eigenvalue weighted by atomic mass is 10.1. The van der Waals surface area contributed by atoms with Gasteiger partial charge in [0, 0.05) is 38.3 Å². The molecular formula is C26H23Br3F2N2O2. The van der Waals surface area contributed by atoms with Crippen LogP contribution in [0.4, 0.5) is 8.78 Å². The second kappa shape index (κ2) is 14.3. The summed E-state index contributed by atoms with van der Waals surface area (Å²) in [5, 5.41) is 0. The lowest BCUT2D eigenvalue weighted by molar-refractivity contribution is 0.602. The average molecular weight is 673 g/mol. The van der Waals surface area contributed by atoms with Crippen LogP contribution in [0.3, 0.4) is 0 Å². The quantitative estimate of drug-likeness (QED) is 0.226. The van der Waals surface area contributed by atoms with Crippen molar-refractivity contribution in [3.8, 4) is 0 Å². The Morgan fingerprint density at radius 2 is 1.26 bits per heavy atom. The molecule has 4 rings (SSSR count). The Bertz CT molecular complexity index is 1300. The zero-order valence-corrected chi connectivity index (χ0v) is 23.6. The Balaban J connectivity index is 0.000000204. The summed E-state index contributed by atoms with van der Waals surface area (Å²) in [7, 11) is 0. The molecule has 0 bridgehead atoms. The topological polar surface area (TPSA) is 54.9 Å². The van der Waals surface area contributed by atoms with Gasteiger partial charge in [0.05, 0.1) is 6.04 Å². The Labute approximate surface area is 227 Å². The predicted molar refractivity (Wildman–Crippen MR) is 147 cm³/mol. The number of aromatic amines is 1. The van der Waals surface area contributed by atoms with Crippen molar-refractivity contribution >= 4 is 47.8 Å². The lowest BCUT2D eigenvalue weighted by Gasteiger charge is -2.15. The number of halogens is 5. The van der Waals surface area contributed by atoms with E-state index in [0.29, 0.717) is 4.83 Å². The molecule has 0 aliphatic carbocycles. The van der Waals surface area contributed by atoms with Crippen molar-refractivity contribution < 1.29 is 8.78 Å². The number of pyridine rings is 2. The zero-order valence-electron chi connectivity index (χ0n) is 18.9. The van der Waals surface area contributed by atoms with E-state index in [9.17, 15) is 18.4 Å². The summed E-state index contributed by atoms with van der Waals surface area (Å²) < 4.78 is 28.5. The van der Waals surface area contributed by atoms with E-state index in [1.807, 2.05) is 13.8 Å². The minimum absolute atomic E-state index is 0.0757. The predicted octanol–water partition coefficient (Wildman–Crippen LogP) is 7.78. The van der Waals surface area contributed by atoms with Crippen molar-refractivity contribution in [3.63, 3.8) is 0 Å². The van der Waals surface area contributed by atoms with Gasteiger partial charge in [0.1, 0.15) is 11.6 Å². The smallest absolute Gasteiger partial charge is 0.251 e. The number of alkyl halides is 1. The summed E-state index contributed by atoms with van der Waals surface area (Å²) >= 11 is 9.89. The standard InChI is InChI=1S/C13H11BrFNO.C8H8BrF.C5H4BrNO/c1-9(10-2-5-12(15)6-3-10)16-8-11(14)4-7-13(16)17;1-6(9)7-2-4-8(10)5-3-7;6-4-1-2-5(8)7-3-4/h2-9H,1H3;2-6H,1H3;1-3H,(H,7,8). The summed E-state index contributed by atoms with van der Waals surface area (Å²) in [6.07, 6.45) is 3.33. The van der Waals surface area contributed by atoms with Gasteiger partial charge in [-0.05, 0) is 93.2 Å². The third kappa shape index (κ3) is 10.0. The zero-order chi connectivity index (χ0) is 26.0. The molecule has 0 amide bonds. The number of nitrogens with zero attached hydrogens (tertiary/aromatic N) is 1. The van der Waals surface area contributed by atoms with Gasteiger partial charge in [-0.3, -0.25) is 9.59 Å². The molecule has 0 radical (unpaired) electrons. The fourth-order valence-corrected chi connectivity index (χ4v) is 3.71. The van der Waals surface area contributed by atoms with Gasteiger partial charge in [0.25, 0.3) is 5.56 Å². The summed E-state index contributed by atoms with van der Waals surface area (Å²) in [5.74, 6) is -0.459. The molecule has 0 saturated carbocycles. The van der Waals surface area contributed by atoms with Crippen LogP contribution in [-0.2, 0) is 0 Å². The van der Waals surface area contributed by atoms with E-state index in [1.165, 1.54) is 36.4 Å². The van der Waals surface area contributed by atoms with E-state index >= 15 is 0 Å². The molecule has 0 saturated heterocycles. The normalized spacial score (nSPS) is 11.9. The minimum Gasteiger partial charge on any atom is -0.328 e. The van der Waals surface area contributed by atoms with Crippen LogP contribution in [0.1, 0.15) is 35.8 Å². The van der Waals surface area contributed by atoms with Crippen LogP contribution >= 0.6 is 47.8 Å². The minimum atomic E-state index is -0.275. The highest BCUT2D eigenvalue weighted by atomic mass is 79.9. The number of hydrogen-bond donors (Lipinski definition) is 1. The Hall–Kier alpha value is -2.36. The second-order valence-electron chi connectivity index (χ2n) is 7.36. The van der Waals surface area contributed by atoms with E-state index in [2.05, 4.69) is 52.8 Å². The number of benzene rings is 2. The van der Waals surface area contributed by atoms with Gasteiger partial charge in [0.2, 0.25) is 5.56 Å². The van der Waals surface area contributed by atoms with E-state index in [0.717, 1.165) is 20.1 Å². The number of nitrogens with one attached hydrogen (secondary N) is 1. The second-order valence-corrected chi connectivity index (χ2v) is 10.6. The molecule has 2 atom stereocenters. The highest BCUT2D eigenvalue weighted by Crippen LogP contribution is 2.21. The first-order chi connectivity index (χ1) is 16.6. The highest BCUT2D eigenvalue weighted by Gasteiger charge is 2.09. The Morgan fingerprint density at radius 1 is 0.743 bits per heavy atom.